The molecule has 0 aromatic heterocycles. The Morgan fingerprint density at radius 2 is 1.20 bits per heavy atom. The Morgan fingerprint density at radius 3 is 1.70 bits per heavy atom. The zero-order valence-corrected chi connectivity index (χ0v) is 25.3. The average Bonchev–Trinajstić information content (AvgIpc) is 3.50. The van der Waals surface area contributed by atoms with Gasteiger partial charge in [-0.05, 0) is 47.2 Å². The Hall–Kier alpha value is -5.11. The largest absolute Gasteiger partial charge is 0.456 e. The highest BCUT2D eigenvalue weighted by atomic mass is 16.6. The van der Waals surface area contributed by atoms with E-state index in [0.717, 1.165) is 28.7 Å². The van der Waals surface area contributed by atoms with Crippen LogP contribution in [0.2, 0.25) is 0 Å². The summed E-state index contributed by atoms with van der Waals surface area (Å²) in [6.07, 6.45) is 0.384. The van der Waals surface area contributed by atoms with Crippen molar-refractivity contribution in [1.82, 2.24) is 0 Å². The Balaban J connectivity index is 1.29. The SMILES string of the molecule is O=C(O[C@@H]1CC[C@H](COC(c2ccccc2)(c2ccccc2)c2ccccc2)[C@H]1OCc1ccccc1)c1ccc([N+](=O)[O-])cc1. The molecular formula is C39H35NO6. The molecule has 5 aromatic carbocycles. The lowest BCUT2D eigenvalue weighted by Crippen LogP contribution is -2.38. The van der Waals surface area contributed by atoms with E-state index in [4.69, 9.17) is 14.2 Å². The number of nitro benzene ring substituents is 1. The van der Waals surface area contributed by atoms with Crippen LogP contribution in [-0.4, -0.2) is 29.7 Å². The van der Waals surface area contributed by atoms with Gasteiger partial charge in [0.15, 0.2) is 0 Å². The molecule has 232 valence electrons. The molecule has 1 aliphatic carbocycles. The van der Waals surface area contributed by atoms with Crippen molar-refractivity contribution in [2.24, 2.45) is 5.92 Å². The lowest BCUT2D eigenvalue weighted by Gasteiger charge is -2.37. The van der Waals surface area contributed by atoms with E-state index in [-0.39, 0.29) is 17.2 Å². The first-order valence-electron chi connectivity index (χ1n) is 15.5. The summed E-state index contributed by atoms with van der Waals surface area (Å²) in [6, 6.07) is 46.0. The van der Waals surface area contributed by atoms with E-state index < -0.39 is 28.7 Å². The summed E-state index contributed by atoms with van der Waals surface area (Å²) in [5.74, 6) is -0.615. The molecule has 3 atom stereocenters. The molecule has 0 bridgehead atoms. The molecule has 0 unspecified atom stereocenters. The Labute approximate surface area is 268 Å². The molecular weight excluding hydrogens is 578 g/mol. The van der Waals surface area contributed by atoms with Crippen LogP contribution in [0, 0.1) is 16.0 Å². The lowest BCUT2D eigenvalue weighted by atomic mass is 9.80. The van der Waals surface area contributed by atoms with Gasteiger partial charge < -0.3 is 14.2 Å². The maximum absolute atomic E-state index is 13.2. The summed E-state index contributed by atoms with van der Waals surface area (Å²) in [5, 5.41) is 11.1. The molecule has 1 saturated carbocycles. The van der Waals surface area contributed by atoms with Gasteiger partial charge in [0.05, 0.1) is 29.8 Å². The van der Waals surface area contributed by atoms with Crippen molar-refractivity contribution < 1.29 is 23.9 Å². The molecule has 0 spiro atoms. The third-order valence-electron chi connectivity index (χ3n) is 8.57. The summed E-state index contributed by atoms with van der Waals surface area (Å²) in [5.41, 5.74) is 3.32. The molecule has 46 heavy (non-hydrogen) atoms. The van der Waals surface area contributed by atoms with Crippen LogP contribution in [0.15, 0.2) is 146 Å². The van der Waals surface area contributed by atoms with Crippen molar-refractivity contribution in [2.45, 2.75) is 37.3 Å². The molecule has 1 fully saturated rings. The van der Waals surface area contributed by atoms with Gasteiger partial charge in [-0.25, -0.2) is 4.79 Å². The maximum Gasteiger partial charge on any atom is 0.338 e. The fourth-order valence-corrected chi connectivity index (χ4v) is 6.25. The van der Waals surface area contributed by atoms with Crippen molar-refractivity contribution in [3.05, 3.63) is 184 Å². The number of esters is 1. The molecule has 0 aliphatic heterocycles. The van der Waals surface area contributed by atoms with Crippen LogP contribution in [0.3, 0.4) is 0 Å². The topological polar surface area (TPSA) is 87.9 Å². The third kappa shape index (κ3) is 6.76. The van der Waals surface area contributed by atoms with Crippen molar-refractivity contribution in [3.63, 3.8) is 0 Å². The summed E-state index contributed by atoms with van der Waals surface area (Å²) < 4.78 is 19.7. The van der Waals surface area contributed by atoms with Gasteiger partial charge in [0, 0.05) is 18.1 Å². The van der Waals surface area contributed by atoms with E-state index in [1.807, 2.05) is 84.9 Å². The number of ether oxygens (including phenoxy) is 3. The number of benzene rings is 5. The first-order chi connectivity index (χ1) is 22.5. The van der Waals surface area contributed by atoms with Crippen LogP contribution >= 0.6 is 0 Å². The molecule has 0 heterocycles. The zero-order chi connectivity index (χ0) is 31.8. The van der Waals surface area contributed by atoms with Gasteiger partial charge in [-0.2, -0.15) is 0 Å². The molecule has 7 nitrogen and oxygen atoms in total. The number of rotatable bonds is 12. The van der Waals surface area contributed by atoms with Crippen LogP contribution in [-0.2, 0) is 26.4 Å². The van der Waals surface area contributed by atoms with Crippen LogP contribution in [0.1, 0.15) is 45.5 Å². The Morgan fingerprint density at radius 1 is 0.696 bits per heavy atom. The number of nitrogens with zero attached hydrogens (tertiary/aromatic N) is 1. The number of carbonyl (C=O) groups excluding carboxylic acids is 1. The van der Waals surface area contributed by atoms with Crippen LogP contribution in [0.4, 0.5) is 5.69 Å². The van der Waals surface area contributed by atoms with Crippen molar-refractivity contribution in [1.29, 1.82) is 0 Å². The van der Waals surface area contributed by atoms with Crippen molar-refractivity contribution in [2.75, 3.05) is 6.61 Å². The minimum Gasteiger partial charge on any atom is -0.456 e. The van der Waals surface area contributed by atoms with E-state index in [0.29, 0.717) is 19.6 Å². The molecule has 7 heteroatoms. The summed E-state index contributed by atoms with van der Waals surface area (Å²) in [6.45, 7) is 0.707. The number of nitro groups is 1. The van der Waals surface area contributed by atoms with E-state index in [2.05, 4.69) is 36.4 Å². The van der Waals surface area contributed by atoms with E-state index in [1.54, 1.807) is 0 Å². The Kier molecular flexibility index (Phi) is 9.62. The second kappa shape index (κ2) is 14.3. The van der Waals surface area contributed by atoms with Gasteiger partial charge in [0.1, 0.15) is 11.7 Å². The standard InChI is InChI=1S/C39H35NO6/c41-38(30-21-24-35(25-22-30)40(42)43)46-36-26-23-31(37(36)44-27-29-13-5-1-6-14-29)28-45-39(32-15-7-2-8-16-32,33-17-9-3-10-18-33)34-19-11-4-12-20-34/h1-22,24-25,31,36-37H,23,26-28H2/t31-,36-,37-/m1/s1. The number of hydrogen-bond donors (Lipinski definition) is 0. The van der Waals surface area contributed by atoms with Crippen molar-refractivity contribution >= 4 is 11.7 Å². The summed E-state index contributed by atoms with van der Waals surface area (Å²) >= 11 is 0. The Bertz CT molecular complexity index is 1620. The molecule has 0 saturated heterocycles. The van der Waals surface area contributed by atoms with E-state index in [9.17, 15) is 14.9 Å². The van der Waals surface area contributed by atoms with Crippen LogP contribution in [0.5, 0.6) is 0 Å². The predicted molar refractivity (Wildman–Crippen MR) is 175 cm³/mol. The van der Waals surface area contributed by atoms with Gasteiger partial charge >= 0.3 is 5.97 Å². The first-order valence-corrected chi connectivity index (χ1v) is 15.5. The average molecular weight is 614 g/mol. The quantitative estimate of drug-likeness (QED) is 0.0611. The fourth-order valence-electron chi connectivity index (χ4n) is 6.25. The normalized spacial score (nSPS) is 17.8. The molecule has 5 aromatic rings. The van der Waals surface area contributed by atoms with Gasteiger partial charge in [-0.1, -0.05) is 121 Å². The van der Waals surface area contributed by atoms with Gasteiger partial charge in [-0.3, -0.25) is 10.1 Å². The van der Waals surface area contributed by atoms with Gasteiger partial charge in [0.25, 0.3) is 5.69 Å². The molecule has 0 radical (unpaired) electrons. The number of carbonyl (C=O) groups is 1. The molecule has 0 amide bonds. The minimum absolute atomic E-state index is 0.0751. The summed E-state index contributed by atoms with van der Waals surface area (Å²) in [4.78, 5) is 23.8. The number of hydrogen-bond acceptors (Lipinski definition) is 6. The summed E-state index contributed by atoms with van der Waals surface area (Å²) in [7, 11) is 0. The second-order valence-corrected chi connectivity index (χ2v) is 11.4. The first kappa shape index (κ1) is 30.9. The molecule has 1 aliphatic rings. The van der Waals surface area contributed by atoms with Crippen LogP contribution < -0.4 is 0 Å². The lowest BCUT2D eigenvalue weighted by molar-refractivity contribution is -0.384. The fraction of sp³-hybridized carbons (Fsp3) is 0.205. The molecule has 0 N–H and O–H groups in total. The smallest absolute Gasteiger partial charge is 0.338 e. The van der Waals surface area contributed by atoms with Gasteiger partial charge in [0.2, 0.25) is 0 Å². The second-order valence-electron chi connectivity index (χ2n) is 11.4. The number of non-ortho nitro benzene ring substituents is 1. The zero-order valence-electron chi connectivity index (χ0n) is 25.3. The third-order valence-corrected chi connectivity index (χ3v) is 8.57. The highest BCUT2D eigenvalue weighted by Crippen LogP contribution is 2.42. The highest BCUT2D eigenvalue weighted by molar-refractivity contribution is 5.89. The minimum atomic E-state index is -0.888. The van der Waals surface area contributed by atoms with Gasteiger partial charge in [-0.15, -0.1) is 0 Å². The van der Waals surface area contributed by atoms with Crippen molar-refractivity contribution in [3.8, 4) is 0 Å². The highest BCUT2D eigenvalue weighted by Gasteiger charge is 2.43. The van der Waals surface area contributed by atoms with E-state index >= 15 is 0 Å². The molecule has 6 rings (SSSR count). The van der Waals surface area contributed by atoms with Crippen LogP contribution in [0.25, 0.3) is 0 Å². The van der Waals surface area contributed by atoms with E-state index in [1.165, 1.54) is 24.3 Å². The monoisotopic (exact) mass is 613 g/mol. The maximum atomic E-state index is 13.2. The predicted octanol–water partition coefficient (Wildman–Crippen LogP) is 8.12.